The molecule has 1 fully saturated rings. The van der Waals surface area contributed by atoms with Gasteiger partial charge in [0.1, 0.15) is 6.10 Å². The number of aliphatic hydroxyl groups is 3. The number of carboxylic acid groups (broad SMARTS) is 1. The molecule has 0 aliphatic carbocycles. The normalized spacial score (nSPS) is 21.8. The first-order valence-corrected chi connectivity index (χ1v) is 21.7. The molecule has 1 rings (SSSR count). The van der Waals surface area contributed by atoms with E-state index in [9.17, 15) is 30.0 Å². The van der Waals surface area contributed by atoms with Gasteiger partial charge in [-0.15, -0.1) is 0 Å². The van der Waals surface area contributed by atoms with Gasteiger partial charge in [0.05, 0.1) is 24.9 Å². The van der Waals surface area contributed by atoms with Gasteiger partial charge in [-0.1, -0.05) is 187 Å². The van der Waals surface area contributed by atoms with Gasteiger partial charge < -0.3 is 35.2 Å². The number of aliphatic hydroxyl groups excluding tert-OH is 3. The first-order valence-electron chi connectivity index (χ1n) is 21.7. The van der Waals surface area contributed by atoms with Crippen LogP contribution in [0.2, 0.25) is 0 Å². The Kier molecular flexibility index (Phi) is 30.7. The van der Waals surface area contributed by atoms with E-state index < -0.39 is 48.6 Å². The molecule has 0 bridgehead atoms. The maximum absolute atomic E-state index is 12.9. The molecule has 0 aromatic heterocycles. The van der Waals surface area contributed by atoms with E-state index in [2.05, 4.69) is 19.2 Å². The summed E-state index contributed by atoms with van der Waals surface area (Å²) >= 11 is 0. The molecule has 306 valence electrons. The van der Waals surface area contributed by atoms with E-state index in [1.807, 2.05) is 6.08 Å². The van der Waals surface area contributed by atoms with Crippen molar-refractivity contribution in [2.45, 2.75) is 237 Å². The lowest BCUT2D eigenvalue weighted by Crippen LogP contribution is -2.57. The predicted molar refractivity (Wildman–Crippen MR) is 211 cm³/mol. The van der Waals surface area contributed by atoms with Crippen LogP contribution in [0, 0.1) is 5.92 Å². The SMILES string of the molecule is CCCCCCCCCCCCC/C=C/[C@@H](O)[C@H](CO[C@@H]1O[C@H](C(=O)O)[C@@H](C)C(O)C1O)NC(=O)CCCCCCCCCCCCCCCCC. The molecule has 0 spiro atoms. The Morgan fingerprint density at radius 1 is 0.673 bits per heavy atom. The number of ether oxygens (including phenoxy) is 2. The first-order chi connectivity index (χ1) is 25.2. The van der Waals surface area contributed by atoms with Gasteiger partial charge in [-0.3, -0.25) is 4.79 Å². The summed E-state index contributed by atoms with van der Waals surface area (Å²) in [6.45, 7) is 5.78. The smallest absolute Gasteiger partial charge is 0.333 e. The Hall–Kier alpha value is -1.52. The maximum Gasteiger partial charge on any atom is 0.333 e. The molecule has 2 unspecified atom stereocenters. The van der Waals surface area contributed by atoms with E-state index in [1.165, 1.54) is 142 Å². The molecule has 52 heavy (non-hydrogen) atoms. The molecule has 1 saturated heterocycles. The summed E-state index contributed by atoms with van der Waals surface area (Å²) in [6, 6.07) is -0.826. The van der Waals surface area contributed by atoms with Crippen molar-refractivity contribution >= 4 is 11.9 Å². The maximum atomic E-state index is 12.9. The van der Waals surface area contributed by atoms with Crippen molar-refractivity contribution in [3.8, 4) is 0 Å². The second-order valence-electron chi connectivity index (χ2n) is 15.6. The molecule has 0 radical (unpaired) electrons. The van der Waals surface area contributed by atoms with Crippen molar-refractivity contribution in [3.05, 3.63) is 12.2 Å². The third kappa shape index (κ3) is 24.0. The van der Waals surface area contributed by atoms with Crippen LogP contribution < -0.4 is 5.32 Å². The van der Waals surface area contributed by atoms with Crippen molar-refractivity contribution in [3.63, 3.8) is 0 Å². The van der Waals surface area contributed by atoms with Crippen molar-refractivity contribution < 1.29 is 39.5 Å². The Bertz CT molecular complexity index is 885. The number of unbranched alkanes of at least 4 members (excludes halogenated alkanes) is 25. The predicted octanol–water partition coefficient (Wildman–Crippen LogP) is 9.53. The van der Waals surface area contributed by atoms with Gasteiger partial charge in [-0.25, -0.2) is 4.79 Å². The van der Waals surface area contributed by atoms with Crippen LogP contribution in [-0.2, 0) is 19.1 Å². The number of allylic oxidation sites excluding steroid dienone is 1. The van der Waals surface area contributed by atoms with Gasteiger partial charge in [-0.2, -0.15) is 0 Å². The summed E-state index contributed by atoms with van der Waals surface area (Å²) in [6.07, 6.45) is 30.8. The number of carboxylic acids is 1. The zero-order valence-electron chi connectivity index (χ0n) is 33.6. The molecule has 1 heterocycles. The zero-order chi connectivity index (χ0) is 38.2. The minimum Gasteiger partial charge on any atom is -0.479 e. The fraction of sp³-hybridized carbons (Fsp3) is 0.907. The standard InChI is InChI=1S/C43H81NO8/c1-4-6-8-10-12-14-16-18-19-21-23-25-27-29-31-33-38(46)44-36(34-51-43-40(48)39(47)35(3)41(52-43)42(49)50)37(45)32-30-28-26-24-22-20-17-15-13-11-9-7-5-2/h30,32,35-37,39-41,43,45,47-48H,4-29,31,33-34H2,1-3H3,(H,44,46)(H,49,50)/b32-30+/t35-,36-,37+,39?,40?,41-,43+/m0/s1. The summed E-state index contributed by atoms with van der Waals surface area (Å²) < 4.78 is 11.2. The summed E-state index contributed by atoms with van der Waals surface area (Å²) in [5, 5.41) is 44.4. The quantitative estimate of drug-likeness (QED) is 0.0319. The molecule has 7 atom stereocenters. The van der Waals surface area contributed by atoms with Crippen LogP contribution in [0.5, 0.6) is 0 Å². The number of hydrogen-bond acceptors (Lipinski definition) is 7. The number of carbonyl (C=O) groups is 2. The lowest BCUT2D eigenvalue weighted by atomic mass is 9.91. The Morgan fingerprint density at radius 3 is 1.54 bits per heavy atom. The van der Waals surface area contributed by atoms with Crippen molar-refractivity contribution in [2.75, 3.05) is 6.61 Å². The molecular formula is C43H81NO8. The van der Waals surface area contributed by atoms with Crippen molar-refractivity contribution in [1.82, 2.24) is 5.32 Å². The van der Waals surface area contributed by atoms with Crippen molar-refractivity contribution in [1.29, 1.82) is 0 Å². The molecule has 9 heteroatoms. The van der Waals surface area contributed by atoms with Gasteiger partial charge in [0.2, 0.25) is 5.91 Å². The molecule has 0 aromatic rings. The lowest BCUT2D eigenvalue weighted by molar-refractivity contribution is -0.283. The van der Waals surface area contributed by atoms with E-state index in [0.29, 0.717) is 6.42 Å². The van der Waals surface area contributed by atoms with Crippen LogP contribution in [0.15, 0.2) is 12.2 Å². The summed E-state index contributed by atoms with van der Waals surface area (Å²) in [5.74, 6) is -2.28. The molecule has 1 aliphatic rings. The van der Waals surface area contributed by atoms with Crippen molar-refractivity contribution in [2.24, 2.45) is 5.92 Å². The van der Waals surface area contributed by atoms with Gasteiger partial charge in [0.15, 0.2) is 12.4 Å². The van der Waals surface area contributed by atoms with Gasteiger partial charge in [-0.05, 0) is 19.3 Å². The average molecular weight is 740 g/mol. The average Bonchev–Trinajstić information content (AvgIpc) is 3.13. The Morgan fingerprint density at radius 2 is 1.10 bits per heavy atom. The Labute approximate surface area is 318 Å². The van der Waals surface area contributed by atoms with E-state index in [1.54, 1.807) is 6.08 Å². The first kappa shape index (κ1) is 48.5. The van der Waals surface area contributed by atoms with E-state index >= 15 is 0 Å². The zero-order valence-corrected chi connectivity index (χ0v) is 33.6. The molecule has 1 amide bonds. The van der Waals surface area contributed by atoms with Gasteiger partial charge in [0.25, 0.3) is 0 Å². The molecule has 5 N–H and O–H groups in total. The highest BCUT2D eigenvalue weighted by atomic mass is 16.7. The Balaban J connectivity index is 2.44. The lowest BCUT2D eigenvalue weighted by Gasteiger charge is -2.40. The van der Waals surface area contributed by atoms with E-state index in [4.69, 9.17) is 9.47 Å². The second-order valence-corrected chi connectivity index (χ2v) is 15.6. The summed E-state index contributed by atoms with van der Waals surface area (Å²) in [5.41, 5.74) is 0. The minimum atomic E-state index is -1.46. The second kappa shape index (κ2) is 32.9. The van der Waals surface area contributed by atoms with Crippen LogP contribution in [0.3, 0.4) is 0 Å². The van der Waals surface area contributed by atoms with Crippen LogP contribution in [0.25, 0.3) is 0 Å². The van der Waals surface area contributed by atoms with Crippen LogP contribution in [0.1, 0.15) is 201 Å². The minimum absolute atomic E-state index is 0.191. The number of hydrogen-bond donors (Lipinski definition) is 5. The molecule has 0 aromatic carbocycles. The molecule has 0 saturated carbocycles. The molecule has 1 aliphatic heterocycles. The summed E-state index contributed by atoms with van der Waals surface area (Å²) in [4.78, 5) is 24.6. The largest absolute Gasteiger partial charge is 0.479 e. The third-order valence-electron chi connectivity index (χ3n) is 10.7. The fourth-order valence-corrected chi connectivity index (χ4v) is 7.08. The number of amides is 1. The fourth-order valence-electron chi connectivity index (χ4n) is 7.08. The van der Waals surface area contributed by atoms with Crippen LogP contribution in [0.4, 0.5) is 0 Å². The number of rotatable bonds is 35. The van der Waals surface area contributed by atoms with Gasteiger partial charge >= 0.3 is 5.97 Å². The molecule has 9 nitrogen and oxygen atoms in total. The monoisotopic (exact) mass is 740 g/mol. The van der Waals surface area contributed by atoms with Crippen LogP contribution >= 0.6 is 0 Å². The van der Waals surface area contributed by atoms with Gasteiger partial charge in [0, 0.05) is 12.3 Å². The number of nitrogens with one attached hydrogen (secondary N) is 1. The topological polar surface area (TPSA) is 146 Å². The number of carbonyl (C=O) groups excluding carboxylic acids is 1. The highest BCUT2D eigenvalue weighted by Crippen LogP contribution is 2.27. The van der Waals surface area contributed by atoms with E-state index in [0.717, 1.165) is 38.5 Å². The van der Waals surface area contributed by atoms with Crippen LogP contribution in [-0.4, -0.2) is 75.7 Å². The molecular weight excluding hydrogens is 658 g/mol. The number of aliphatic carboxylic acids is 1. The summed E-state index contributed by atoms with van der Waals surface area (Å²) in [7, 11) is 0. The third-order valence-corrected chi connectivity index (χ3v) is 10.7. The van der Waals surface area contributed by atoms with E-state index in [-0.39, 0.29) is 12.5 Å². The highest BCUT2D eigenvalue weighted by molar-refractivity contribution is 5.76. The highest BCUT2D eigenvalue weighted by Gasteiger charge is 2.46.